The zero-order valence-corrected chi connectivity index (χ0v) is 11.2. The third-order valence-electron chi connectivity index (χ3n) is 2.62. The first-order valence-corrected chi connectivity index (χ1v) is 6.44. The topological polar surface area (TPSA) is 51.5 Å². The molecule has 1 aromatic heterocycles. The van der Waals surface area contributed by atoms with Gasteiger partial charge < -0.3 is 14.5 Å². The van der Waals surface area contributed by atoms with Crippen molar-refractivity contribution in [3.8, 4) is 5.75 Å². The maximum Gasteiger partial charge on any atom is 0.286 e. The lowest BCUT2D eigenvalue weighted by Crippen LogP contribution is -2.23. The number of benzene rings is 1. The maximum absolute atomic E-state index is 12.7. The van der Waals surface area contributed by atoms with E-state index in [1.807, 2.05) is 6.92 Å². The number of hydrogen-bond donors (Lipinski definition) is 1. The van der Waals surface area contributed by atoms with Crippen molar-refractivity contribution in [1.82, 2.24) is 5.32 Å². The fourth-order valence-corrected chi connectivity index (χ4v) is 1.59. The van der Waals surface area contributed by atoms with Crippen LogP contribution in [0.4, 0.5) is 4.39 Å². The van der Waals surface area contributed by atoms with E-state index in [1.165, 1.54) is 24.3 Å². The Morgan fingerprint density at radius 2 is 2.00 bits per heavy atom. The molecule has 0 aliphatic heterocycles. The highest BCUT2D eigenvalue weighted by Gasteiger charge is 2.10. The van der Waals surface area contributed by atoms with Crippen LogP contribution in [0.2, 0.25) is 0 Å². The second-order valence-electron chi connectivity index (χ2n) is 4.26. The van der Waals surface area contributed by atoms with Gasteiger partial charge in [-0.25, -0.2) is 4.39 Å². The summed E-state index contributed by atoms with van der Waals surface area (Å²) in [6, 6.07) is 9.00. The maximum atomic E-state index is 12.7. The minimum Gasteiger partial charge on any atom is -0.486 e. The predicted molar refractivity (Wildman–Crippen MR) is 72.1 cm³/mol. The van der Waals surface area contributed by atoms with Crippen molar-refractivity contribution >= 4 is 5.91 Å². The van der Waals surface area contributed by atoms with Crippen LogP contribution in [-0.2, 0) is 6.61 Å². The van der Waals surface area contributed by atoms with Gasteiger partial charge in [-0.15, -0.1) is 0 Å². The molecule has 1 amide bonds. The molecular weight excluding hydrogens is 261 g/mol. The molecule has 106 valence electrons. The summed E-state index contributed by atoms with van der Waals surface area (Å²) in [6.45, 7) is 2.78. The first-order valence-electron chi connectivity index (χ1n) is 6.44. The molecule has 0 unspecified atom stereocenters. The molecule has 0 radical (unpaired) electrons. The minimum atomic E-state index is -0.315. The Bertz CT molecular complexity index is 563. The Hall–Kier alpha value is -2.30. The van der Waals surface area contributed by atoms with Crippen LogP contribution < -0.4 is 10.1 Å². The van der Waals surface area contributed by atoms with Gasteiger partial charge in [0.1, 0.15) is 23.9 Å². The molecule has 1 N–H and O–H groups in total. The molecule has 0 bridgehead atoms. The van der Waals surface area contributed by atoms with Crippen molar-refractivity contribution < 1.29 is 18.3 Å². The van der Waals surface area contributed by atoms with E-state index in [-0.39, 0.29) is 24.1 Å². The van der Waals surface area contributed by atoms with Crippen LogP contribution in [0.3, 0.4) is 0 Å². The molecule has 0 saturated carbocycles. The van der Waals surface area contributed by atoms with E-state index in [2.05, 4.69) is 5.32 Å². The Morgan fingerprint density at radius 1 is 1.25 bits per heavy atom. The van der Waals surface area contributed by atoms with Crippen LogP contribution in [-0.4, -0.2) is 12.5 Å². The van der Waals surface area contributed by atoms with E-state index in [1.54, 1.807) is 12.1 Å². The second kappa shape index (κ2) is 6.75. The Labute approximate surface area is 116 Å². The van der Waals surface area contributed by atoms with Crippen LogP contribution in [0.25, 0.3) is 0 Å². The van der Waals surface area contributed by atoms with Crippen LogP contribution >= 0.6 is 0 Å². The molecular formula is C15H16FNO3. The lowest BCUT2D eigenvalue weighted by atomic mass is 10.3. The number of furan rings is 1. The molecule has 5 heteroatoms. The van der Waals surface area contributed by atoms with E-state index in [0.29, 0.717) is 18.1 Å². The van der Waals surface area contributed by atoms with Crippen molar-refractivity contribution in [2.24, 2.45) is 0 Å². The van der Waals surface area contributed by atoms with Gasteiger partial charge in [0.25, 0.3) is 5.91 Å². The smallest absolute Gasteiger partial charge is 0.286 e. The van der Waals surface area contributed by atoms with Gasteiger partial charge >= 0.3 is 0 Å². The highest BCUT2D eigenvalue weighted by molar-refractivity contribution is 5.91. The summed E-state index contributed by atoms with van der Waals surface area (Å²) in [5, 5.41) is 2.73. The average Bonchev–Trinajstić information content (AvgIpc) is 2.93. The van der Waals surface area contributed by atoms with Crippen LogP contribution in [0.15, 0.2) is 40.8 Å². The van der Waals surface area contributed by atoms with Crippen molar-refractivity contribution in [2.45, 2.75) is 20.0 Å². The van der Waals surface area contributed by atoms with Gasteiger partial charge in [-0.05, 0) is 42.8 Å². The van der Waals surface area contributed by atoms with Crippen molar-refractivity contribution in [2.75, 3.05) is 6.54 Å². The fraction of sp³-hybridized carbons (Fsp3) is 0.267. The Kier molecular flexibility index (Phi) is 4.76. The van der Waals surface area contributed by atoms with Crippen LogP contribution in [0.1, 0.15) is 29.7 Å². The highest BCUT2D eigenvalue weighted by Crippen LogP contribution is 2.15. The molecule has 1 aromatic carbocycles. The molecule has 20 heavy (non-hydrogen) atoms. The highest BCUT2D eigenvalue weighted by atomic mass is 19.1. The number of carbonyl (C=O) groups excluding carboxylic acids is 1. The number of halogens is 1. The van der Waals surface area contributed by atoms with E-state index in [4.69, 9.17) is 9.15 Å². The molecule has 0 spiro atoms. The third kappa shape index (κ3) is 3.85. The van der Waals surface area contributed by atoms with Gasteiger partial charge in [0, 0.05) is 6.54 Å². The summed E-state index contributed by atoms with van der Waals surface area (Å²) in [5.41, 5.74) is 0. The number of ether oxygens (including phenoxy) is 1. The molecule has 1 heterocycles. The molecule has 0 fully saturated rings. The normalized spacial score (nSPS) is 10.3. The second-order valence-corrected chi connectivity index (χ2v) is 4.26. The first kappa shape index (κ1) is 14.1. The van der Waals surface area contributed by atoms with Gasteiger partial charge in [0.2, 0.25) is 0 Å². The third-order valence-corrected chi connectivity index (χ3v) is 2.62. The standard InChI is InChI=1S/C15H16FNO3/c1-2-9-17-15(18)14-8-7-13(20-14)10-19-12-5-3-11(16)4-6-12/h3-8H,2,9-10H2,1H3,(H,17,18). The van der Waals surface area contributed by atoms with E-state index < -0.39 is 0 Å². The van der Waals surface area contributed by atoms with Crippen LogP contribution in [0, 0.1) is 5.82 Å². The van der Waals surface area contributed by atoms with Crippen LogP contribution in [0.5, 0.6) is 5.75 Å². The molecule has 0 aliphatic rings. The van der Waals surface area contributed by atoms with Gasteiger partial charge in [0.05, 0.1) is 0 Å². The quantitative estimate of drug-likeness (QED) is 0.882. The summed E-state index contributed by atoms with van der Waals surface area (Å²) in [7, 11) is 0. The summed E-state index contributed by atoms with van der Waals surface area (Å²) in [6.07, 6.45) is 0.868. The lowest BCUT2D eigenvalue weighted by molar-refractivity contribution is 0.0922. The fourth-order valence-electron chi connectivity index (χ4n) is 1.59. The Balaban J connectivity index is 1.89. The molecule has 4 nitrogen and oxygen atoms in total. The molecule has 2 aromatic rings. The number of nitrogens with one attached hydrogen (secondary N) is 1. The number of rotatable bonds is 6. The summed E-state index contributed by atoms with van der Waals surface area (Å²) < 4.78 is 23.5. The van der Waals surface area contributed by atoms with Crippen molar-refractivity contribution in [3.05, 3.63) is 53.7 Å². The largest absolute Gasteiger partial charge is 0.486 e. The monoisotopic (exact) mass is 277 g/mol. The SMILES string of the molecule is CCCNC(=O)c1ccc(COc2ccc(F)cc2)o1. The number of hydrogen-bond acceptors (Lipinski definition) is 3. The van der Waals surface area contributed by atoms with Crippen molar-refractivity contribution in [3.63, 3.8) is 0 Å². The minimum absolute atomic E-state index is 0.187. The van der Waals surface area contributed by atoms with Gasteiger partial charge in [-0.1, -0.05) is 6.92 Å². The lowest BCUT2D eigenvalue weighted by Gasteiger charge is -2.03. The van der Waals surface area contributed by atoms with Crippen molar-refractivity contribution in [1.29, 1.82) is 0 Å². The molecule has 0 saturated heterocycles. The zero-order chi connectivity index (χ0) is 14.4. The van der Waals surface area contributed by atoms with Gasteiger partial charge in [-0.2, -0.15) is 0 Å². The average molecular weight is 277 g/mol. The number of amides is 1. The zero-order valence-electron chi connectivity index (χ0n) is 11.2. The summed E-state index contributed by atoms with van der Waals surface area (Å²) in [5.74, 6) is 0.789. The molecule has 0 atom stereocenters. The molecule has 2 rings (SSSR count). The predicted octanol–water partition coefficient (Wildman–Crippen LogP) is 3.14. The van der Waals surface area contributed by atoms with Gasteiger partial charge in [0.15, 0.2) is 5.76 Å². The van der Waals surface area contributed by atoms with E-state index in [9.17, 15) is 9.18 Å². The Morgan fingerprint density at radius 3 is 2.70 bits per heavy atom. The van der Waals surface area contributed by atoms with Gasteiger partial charge in [-0.3, -0.25) is 4.79 Å². The first-order chi connectivity index (χ1) is 9.69. The summed E-state index contributed by atoms with van der Waals surface area (Å²) in [4.78, 5) is 11.6. The summed E-state index contributed by atoms with van der Waals surface area (Å²) >= 11 is 0. The van der Waals surface area contributed by atoms with E-state index in [0.717, 1.165) is 6.42 Å². The molecule has 0 aliphatic carbocycles. The van der Waals surface area contributed by atoms with E-state index >= 15 is 0 Å². The number of carbonyl (C=O) groups is 1.